The Morgan fingerprint density at radius 1 is 1.32 bits per heavy atom. The van der Waals surface area contributed by atoms with Crippen molar-refractivity contribution in [3.8, 4) is 0 Å². The summed E-state index contributed by atoms with van der Waals surface area (Å²) in [5.41, 5.74) is 5.26. The minimum absolute atomic E-state index is 0.163. The van der Waals surface area contributed by atoms with Crippen molar-refractivity contribution >= 4 is 5.91 Å². The van der Waals surface area contributed by atoms with E-state index in [1.165, 1.54) is 19.3 Å². The molecular weight excluding hydrogens is 238 g/mol. The van der Waals surface area contributed by atoms with Gasteiger partial charge in [-0.2, -0.15) is 0 Å². The molecule has 2 fully saturated rings. The lowest BCUT2D eigenvalue weighted by Crippen LogP contribution is -2.63. The van der Waals surface area contributed by atoms with Gasteiger partial charge < -0.3 is 16.0 Å². The van der Waals surface area contributed by atoms with Gasteiger partial charge in [0.05, 0.1) is 0 Å². The smallest absolute Gasteiger partial charge is 0.239 e. The van der Waals surface area contributed by atoms with Gasteiger partial charge in [0.2, 0.25) is 5.91 Å². The van der Waals surface area contributed by atoms with Crippen LogP contribution in [-0.2, 0) is 4.79 Å². The average Bonchev–Trinajstić information content (AvgIpc) is 3.14. The Balaban J connectivity index is 2.01. The van der Waals surface area contributed by atoms with Crippen molar-refractivity contribution < 1.29 is 4.79 Å². The highest BCUT2D eigenvalue weighted by atomic mass is 16.1. The van der Waals surface area contributed by atoms with Crippen LogP contribution < -0.4 is 11.1 Å². The van der Waals surface area contributed by atoms with E-state index >= 15 is 0 Å². The fourth-order valence-electron chi connectivity index (χ4n) is 3.29. The van der Waals surface area contributed by atoms with Crippen LogP contribution in [0.4, 0.5) is 0 Å². The van der Waals surface area contributed by atoms with Gasteiger partial charge in [0.25, 0.3) is 0 Å². The van der Waals surface area contributed by atoms with Crippen molar-refractivity contribution in [1.29, 1.82) is 0 Å². The van der Waals surface area contributed by atoms with Crippen molar-refractivity contribution in [3.63, 3.8) is 0 Å². The number of hydrogen-bond acceptors (Lipinski definition) is 3. The molecule has 110 valence electrons. The van der Waals surface area contributed by atoms with E-state index in [0.29, 0.717) is 5.92 Å². The predicted octanol–water partition coefficient (Wildman–Crippen LogP) is 1.35. The Bertz CT molecular complexity index is 313. The van der Waals surface area contributed by atoms with E-state index < -0.39 is 5.54 Å². The Hall–Kier alpha value is -0.610. The highest BCUT2D eigenvalue weighted by molar-refractivity contribution is 5.86. The average molecular weight is 267 g/mol. The van der Waals surface area contributed by atoms with E-state index in [-0.39, 0.29) is 5.91 Å². The fourth-order valence-corrected chi connectivity index (χ4v) is 3.29. The van der Waals surface area contributed by atoms with Gasteiger partial charge in [-0.3, -0.25) is 4.79 Å². The third kappa shape index (κ3) is 3.29. The summed E-state index contributed by atoms with van der Waals surface area (Å²) >= 11 is 0. The summed E-state index contributed by atoms with van der Waals surface area (Å²) in [4.78, 5) is 14.5. The van der Waals surface area contributed by atoms with Gasteiger partial charge in [-0.1, -0.05) is 20.3 Å². The molecule has 2 saturated carbocycles. The van der Waals surface area contributed by atoms with E-state index in [2.05, 4.69) is 24.1 Å². The Labute approximate surface area is 117 Å². The zero-order valence-electron chi connectivity index (χ0n) is 12.5. The van der Waals surface area contributed by atoms with Crippen LogP contribution in [0.3, 0.4) is 0 Å². The monoisotopic (exact) mass is 267 g/mol. The van der Waals surface area contributed by atoms with E-state index in [1.807, 2.05) is 0 Å². The summed E-state index contributed by atoms with van der Waals surface area (Å²) in [6.45, 7) is 7.97. The molecule has 0 bridgehead atoms. The SMILES string of the molecule is CCNC(CN(CC)CC1CCC1)(C(N)=O)C1CC1. The number of nitrogens with zero attached hydrogens (tertiary/aromatic N) is 1. The minimum atomic E-state index is -0.492. The lowest BCUT2D eigenvalue weighted by molar-refractivity contribution is -0.126. The summed E-state index contributed by atoms with van der Waals surface area (Å²) in [5, 5.41) is 3.42. The van der Waals surface area contributed by atoms with Crippen molar-refractivity contribution in [1.82, 2.24) is 10.2 Å². The summed E-state index contributed by atoms with van der Waals surface area (Å²) in [6, 6.07) is 0. The first-order valence-electron chi connectivity index (χ1n) is 7.89. The first kappa shape index (κ1) is 14.8. The van der Waals surface area contributed by atoms with Crippen LogP contribution in [0.2, 0.25) is 0 Å². The van der Waals surface area contributed by atoms with E-state index in [1.54, 1.807) is 0 Å². The largest absolute Gasteiger partial charge is 0.368 e. The molecule has 0 aromatic carbocycles. The number of nitrogens with one attached hydrogen (secondary N) is 1. The van der Waals surface area contributed by atoms with Crippen LogP contribution in [0.25, 0.3) is 0 Å². The van der Waals surface area contributed by atoms with Crippen LogP contribution in [0.1, 0.15) is 46.0 Å². The maximum absolute atomic E-state index is 12.0. The zero-order valence-corrected chi connectivity index (χ0v) is 12.5. The van der Waals surface area contributed by atoms with Crippen LogP contribution in [0.15, 0.2) is 0 Å². The molecule has 19 heavy (non-hydrogen) atoms. The molecular formula is C15H29N3O. The van der Waals surface area contributed by atoms with E-state index in [0.717, 1.165) is 44.9 Å². The third-order valence-corrected chi connectivity index (χ3v) is 4.87. The third-order valence-electron chi connectivity index (χ3n) is 4.87. The quantitative estimate of drug-likeness (QED) is 0.663. The molecule has 0 spiro atoms. The molecule has 2 rings (SSSR count). The summed E-state index contributed by atoms with van der Waals surface area (Å²) in [6.07, 6.45) is 6.35. The van der Waals surface area contributed by atoms with Crippen LogP contribution >= 0.6 is 0 Å². The number of likely N-dealkylation sites (N-methyl/N-ethyl adjacent to an activating group) is 2. The number of carbonyl (C=O) groups excluding carboxylic acids is 1. The Morgan fingerprint density at radius 3 is 2.37 bits per heavy atom. The van der Waals surface area contributed by atoms with Crippen molar-refractivity contribution in [3.05, 3.63) is 0 Å². The maximum atomic E-state index is 12.0. The summed E-state index contributed by atoms with van der Waals surface area (Å²) < 4.78 is 0. The Morgan fingerprint density at radius 2 is 2.00 bits per heavy atom. The topological polar surface area (TPSA) is 58.4 Å². The molecule has 0 radical (unpaired) electrons. The second kappa shape index (κ2) is 6.23. The zero-order chi connectivity index (χ0) is 13.9. The van der Waals surface area contributed by atoms with E-state index in [4.69, 9.17) is 5.73 Å². The van der Waals surface area contributed by atoms with Gasteiger partial charge in [0.15, 0.2) is 0 Å². The fraction of sp³-hybridized carbons (Fsp3) is 0.933. The van der Waals surface area contributed by atoms with E-state index in [9.17, 15) is 4.79 Å². The number of amides is 1. The lowest BCUT2D eigenvalue weighted by Gasteiger charge is -2.39. The van der Waals surface area contributed by atoms with Crippen molar-refractivity contribution in [2.45, 2.75) is 51.5 Å². The number of nitrogens with two attached hydrogens (primary N) is 1. The molecule has 2 aliphatic rings. The molecule has 1 atom stereocenters. The molecule has 4 heteroatoms. The second-order valence-electron chi connectivity index (χ2n) is 6.26. The van der Waals surface area contributed by atoms with Gasteiger partial charge in [0.1, 0.15) is 5.54 Å². The molecule has 4 nitrogen and oxygen atoms in total. The molecule has 3 N–H and O–H groups in total. The standard InChI is InChI=1S/C15H29N3O/c1-3-17-15(14(16)19,13-8-9-13)11-18(4-2)10-12-6-5-7-12/h12-13,17H,3-11H2,1-2H3,(H2,16,19). The molecule has 0 aromatic heterocycles. The molecule has 1 amide bonds. The predicted molar refractivity (Wildman–Crippen MR) is 77.8 cm³/mol. The number of hydrogen-bond donors (Lipinski definition) is 2. The minimum Gasteiger partial charge on any atom is -0.368 e. The van der Waals surface area contributed by atoms with Gasteiger partial charge in [-0.15, -0.1) is 0 Å². The number of primary amides is 1. The summed E-state index contributed by atoms with van der Waals surface area (Å²) in [5.74, 6) is 1.12. The van der Waals surface area contributed by atoms with Crippen molar-refractivity contribution in [2.75, 3.05) is 26.2 Å². The maximum Gasteiger partial charge on any atom is 0.239 e. The number of carbonyl (C=O) groups is 1. The molecule has 0 aliphatic heterocycles. The molecule has 2 aliphatic carbocycles. The first-order valence-corrected chi connectivity index (χ1v) is 7.89. The molecule has 0 heterocycles. The molecule has 1 unspecified atom stereocenters. The Kier molecular flexibility index (Phi) is 4.85. The van der Waals surface area contributed by atoms with Gasteiger partial charge in [-0.25, -0.2) is 0 Å². The van der Waals surface area contributed by atoms with Gasteiger partial charge >= 0.3 is 0 Å². The van der Waals surface area contributed by atoms with Crippen LogP contribution in [-0.4, -0.2) is 42.5 Å². The van der Waals surface area contributed by atoms with Gasteiger partial charge in [0, 0.05) is 13.1 Å². The normalized spacial score (nSPS) is 23.1. The second-order valence-corrected chi connectivity index (χ2v) is 6.26. The van der Waals surface area contributed by atoms with Crippen LogP contribution in [0, 0.1) is 11.8 Å². The van der Waals surface area contributed by atoms with Crippen LogP contribution in [0.5, 0.6) is 0 Å². The highest BCUT2D eigenvalue weighted by Crippen LogP contribution is 2.40. The molecule has 0 saturated heterocycles. The highest BCUT2D eigenvalue weighted by Gasteiger charge is 2.50. The van der Waals surface area contributed by atoms with Gasteiger partial charge in [-0.05, 0) is 50.6 Å². The van der Waals surface area contributed by atoms with Crippen molar-refractivity contribution in [2.24, 2.45) is 17.6 Å². The molecule has 0 aromatic rings. The lowest BCUT2D eigenvalue weighted by atomic mass is 9.84. The number of rotatable bonds is 9. The first-order chi connectivity index (χ1) is 9.12. The summed E-state index contributed by atoms with van der Waals surface area (Å²) in [7, 11) is 0.